The summed E-state index contributed by atoms with van der Waals surface area (Å²) in [6.45, 7) is 2.91. The molecule has 1 atom stereocenters. The van der Waals surface area contributed by atoms with Crippen LogP contribution in [0.5, 0.6) is 0 Å². The van der Waals surface area contributed by atoms with Gasteiger partial charge in [0.2, 0.25) is 0 Å². The summed E-state index contributed by atoms with van der Waals surface area (Å²) in [6, 6.07) is 0. The zero-order chi connectivity index (χ0) is 11.4. The minimum atomic E-state index is -0.629. The molecule has 1 unspecified atom stereocenters. The highest BCUT2D eigenvalue weighted by molar-refractivity contribution is 4.87. The first-order chi connectivity index (χ1) is 7.04. The van der Waals surface area contributed by atoms with E-state index in [1.165, 1.54) is 6.92 Å². The Morgan fingerprint density at radius 2 is 2.27 bits per heavy atom. The Bertz CT molecular complexity index is 436. The Labute approximate surface area is 85.3 Å². The van der Waals surface area contributed by atoms with Crippen molar-refractivity contribution in [2.24, 2.45) is 0 Å². The number of nitrogens with zero attached hydrogens (tertiary/aromatic N) is 2. The van der Waals surface area contributed by atoms with Gasteiger partial charge in [-0.1, -0.05) is 0 Å². The number of ether oxygens (including phenoxy) is 1. The molecule has 1 aromatic heterocycles. The molecular formula is C8H13N3O4. The molecular weight excluding hydrogens is 202 g/mol. The third-order valence-electron chi connectivity index (χ3n) is 1.79. The van der Waals surface area contributed by atoms with Crippen LogP contribution in [0.2, 0.25) is 0 Å². The van der Waals surface area contributed by atoms with Gasteiger partial charge in [-0.05, 0) is 13.8 Å². The number of aromatic amines is 1. The van der Waals surface area contributed by atoms with Crippen LogP contribution in [-0.2, 0) is 11.5 Å². The number of nitrogens with one attached hydrogen (secondary N) is 1. The van der Waals surface area contributed by atoms with Crippen molar-refractivity contribution in [3.05, 3.63) is 26.5 Å². The highest BCUT2D eigenvalue weighted by Gasteiger charge is 2.04. The fraction of sp³-hybridized carbons (Fsp3) is 0.625. The zero-order valence-corrected chi connectivity index (χ0v) is 8.56. The van der Waals surface area contributed by atoms with Crippen molar-refractivity contribution in [2.45, 2.75) is 26.7 Å². The van der Waals surface area contributed by atoms with E-state index in [1.54, 1.807) is 6.92 Å². The maximum Gasteiger partial charge on any atom is 0.346 e. The third-order valence-corrected chi connectivity index (χ3v) is 1.79. The van der Waals surface area contributed by atoms with E-state index >= 15 is 0 Å². The van der Waals surface area contributed by atoms with E-state index in [0.717, 1.165) is 4.68 Å². The minimum Gasteiger partial charge on any atom is -0.394 e. The highest BCUT2D eigenvalue weighted by Crippen LogP contribution is 1.89. The summed E-state index contributed by atoms with van der Waals surface area (Å²) in [5.74, 6) is 0. The molecule has 0 fully saturated rings. The molecule has 0 amide bonds. The molecule has 7 heteroatoms. The van der Waals surface area contributed by atoms with Crippen LogP contribution in [0.25, 0.3) is 0 Å². The molecule has 0 aliphatic rings. The molecule has 1 rings (SSSR count). The first kappa shape index (κ1) is 11.6. The molecule has 0 spiro atoms. The van der Waals surface area contributed by atoms with E-state index in [9.17, 15) is 9.59 Å². The number of aliphatic hydroxyl groups is 1. The summed E-state index contributed by atoms with van der Waals surface area (Å²) in [5.41, 5.74) is -0.947. The smallest absolute Gasteiger partial charge is 0.346 e. The maximum absolute atomic E-state index is 11.2. The molecule has 0 aromatic carbocycles. The lowest BCUT2D eigenvalue weighted by molar-refractivity contribution is -0.0204. The van der Waals surface area contributed by atoms with Crippen LogP contribution in [0.4, 0.5) is 0 Å². The molecule has 84 valence electrons. The molecule has 15 heavy (non-hydrogen) atoms. The number of H-pyrrole nitrogens is 1. The predicted molar refractivity (Wildman–Crippen MR) is 51.5 cm³/mol. The third kappa shape index (κ3) is 3.00. The summed E-state index contributed by atoms with van der Waals surface area (Å²) in [7, 11) is 0. The fourth-order valence-corrected chi connectivity index (χ4v) is 0.862. The van der Waals surface area contributed by atoms with Crippen LogP contribution >= 0.6 is 0 Å². The number of rotatable bonds is 4. The molecule has 0 radical (unpaired) electrons. The van der Waals surface area contributed by atoms with Gasteiger partial charge in [0.15, 0.2) is 0 Å². The Kier molecular flexibility index (Phi) is 3.75. The van der Waals surface area contributed by atoms with Gasteiger partial charge in [0, 0.05) is 0 Å². The van der Waals surface area contributed by atoms with E-state index in [4.69, 9.17) is 9.84 Å². The number of hydrogen-bond donors (Lipinski definition) is 2. The molecule has 2 N–H and O–H groups in total. The number of aryl methyl sites for hydroxylation is 1. The average Bonchev–Trinajstić information content (AvgIpc) is 2.21. The van der Waals surface area contributed by atoms with Gasteiger partial charge in [-0.15, -0.1) is 0 Å². The number of aromatic nitrogens is 3. The molecule has 0 aliphatic heterocycles. The zero-order valence-electron chi connectivity index (χ0n) is 8.56. The molecule has 1 heterocycles. The second kappa shape index (κ2) is 4.85. The van der Waals surface area contributed by atoms with Gasteiger partial charge in [0.05, 0.1) is 12.7 Å². The molecule has 0 saturated carbocycles. The lowest BCUT2D eigenvalue weighted by Crippen LogP contribution is -2.35. The van der Waals surface area contributed by atoms with Crippen LogP contribution < -0.4 is 11.2 Å². The average molecular weight is 215 g/mol. The van der Waals surface area contributed by atoms with Crippen molar-refractivity contribution < 1.29 is 9.84 Å². The quantitative estimate of drug-likeness (QED) is 0.643. The topological polar surface area (TPSA) is 97.2 Å². The van der Waals surface area contributed by atoms with Crippen molar-refractivity contribution in [2.75, 3.05) is 6.61 Å². The Morgan fingerprint density at radius 1 is 1.60 bits per heavy atom. The lowest BCUT2D eigenvalue weighted by atomic mass is 10.4. The normalized spacial score (nSPS) is 12.7. The molecule has 0 saturated heterocycles. The number of aliphatic hydroxyl groups excluding tert-OH is 1. The van der Waals surface area contributed by atoms with Crippen LogP contribution in [0.15, 0.2) is 9.59 Å². The van der Waals surface area contributed by atoms with E-state index < -0.39 is 11.2 Å². The van der Waals surface area contributed by atoms with Gasteiger partial charge in [-0.2, -0.15) is 9.78 Å². The van der Waals surface area contributed by atoms with Gasteiger partial charge in [-0.3, -0.25) is 9.78 Å². The molecule has 1 aromatic rings. The first-order valence-electron chi connectivity index (χ1n) is 4.45. The van der Waals surface area contributed by atoms with Gasteiger partial charge in [0.1, 0.15) is 12.4 Å². The van der Waals surface area contributed by atoms with Crippen molar-refractivity contribution in [3.8, 4) is 0 Å². The van der Waals surface area contributed by atoms with Gasteiger partial charge >= 0.3 is 5.69 Å². The van der Waals surface area contributed by atoms with Crippen LogP contribution in [0.1, 0.15) is 12.6 Å². The molecule has 0 aliphatic carbocycles. The van der Waals surface area contributed by atoms with Crippen molar-refractivity contribution in [1.82, 2.24) is 14.8 Å². The SMILES string of the molecule is Cc1nn(COC(C)CO)c(=O)[nH]c1=O. The Morgan fingerprint density at radius 3 is 2.87 bits per heavy atom. The maximum atomic E-state index is 11.2. The monoisotopic (exact) mass is 215 g/mol. The van der Waals surface area contributed by atoms with Crippen LogP contribution in [-0.4, -0.2) is 32.6 Å². The molecule has 0 bridgehead atoms. The molecule has 7 nitrogen and oxygen atoms in total. The summed E-state index contributed by atoms with van der Waals surface area (Å²) in [5, 5.41) is 12.4. The number of hydrogen-bond acceptors (Lipinski definition) is 5. The summed E-state index contributed by atoms with van der Waals surface area (Å²) < 4.78 is 6.07. The standard InChI is InChI=1S/C8H13N3O4/c1-5(3-12)15-4-11-8(14)9-7(13)6(2)10-11/h5,12H,3-4H2,1-2H3,(H,9,13,14). The Hall–Kier alpha value is -1.47. The first-order valence-corrected chi connectivity index (χ1v) is 4.45. The Balaban J connectivity index is 2.82. The van der Waals surface area contributed by atoms with Gasteiger partial charge in [-0.25, -0.2) is 4.79 Å². The second-order valence-corrected chi connectivity index (χ2v) is 3.13. The highest BCUT2D eigenvalue weighted by atomic mass is 16.5. The van der Waals surface area contributed by atoms with Crippen molar-refractivity contribution in [1.29, 1.82) is 0 Å². The van der Waals surface area contributed by atoms with Gasteiger partial charge < -0.3 is 9.84 Å². The van der Waals surface area contributed by atoms with Crippen molar-refractivity contribution >= 4 is 0 Å². The summed E-state index contributed by atoms with van der Waals surface area (Å²) in [6.07, 6.45) is -0.383. The fourth-order valence-electron chi connectivity index (χ4n) is 0.862. The van der Waals surface area contributed by atoms with Crippen molar-refractivity contribution in [3.63, 3.8) is 0 Å². The van der Waals surface area contributed by atoms with Crippen LogP contribution in [0.3, 0.4) is 0 Å². The lowest BCUT2D eigenvalue weighted by Gasteiger charge is -2.10. The largest absolute Gasteiger partial charge is 0.394 e. The van der Waals surface area contributed by atoms with Gasteiger partial charge in [0.25, 0.3) is 5.56 Å². The minimum absolute atomic E-state index is 0.0990. The van der Waals surface area contributed by atoms with E-state index in [-0.39, 0.29) is 25.1 Å². The van der Waals surface area contributed by atoms with E-state index in [1.807, 2.05) is 0 Å². The van der Waals surface area contributed by atoms with E-state index in [0.29, 0.717) is 0 Å². The summed E-state index contributed by atoms with van der Waals surface area (Å²) >= 11 is 0. The second-order valence-electron chi connectivity index (χ2n) is 3.13. The summed E-state index contributed by atoms with van der Waals surface area (Å²) in [4.78, 5) is 24.3. The predicted octanol–water partition coefficient (Wildman–Crippen LogP) is -1.41. The van der Waals surface area contributed by atoms with Crippen LogP contribution in [0, 0.1) is 6.92 Å². The van der Waals surface area contributed by atoms with E-state index in [2.05, 4.69) is 10.1 Å².